The van der Waals surface area contributed by atoms with E-state index in [4.69, 9.17) is 0 Å². The number of halogens is 1. The number of carbonyl (C=O) groups excluding carboxylic acids is 1. The molecular weight excluding hydrogens is 499 g/mol. The van der Waals surface area contributed by atoms with Crippen LogP contribution in [0, 0.1) is 5.82 Å². The molecule has 1 amide bonds. The normalized spacial score (nSPS) is 16.5. The highest BCUT2D eigenvalue weighted by Gasteiger charge is 2.29. The van der Waals surface area contributed by atoms with Gasteiger partial charge in [-0.3, -0.25) is 4.79 Å². The second kappa shape index (κ2) is 9.58. The monoisotopic (exact) mass is 524 g/mol. The first kappa shape index (κ1) is 24.1. The molecule has 1 fully saturated rings. The van der Waals surface area contributed by atoms with Gasteiger partial charge in [0, 0.05) is 34.4 Å². The van der Waals surface area contributed by atoms with Gasteiger partial charge in [0.2, 0.25) is 0 Å². The molecule has 7 heteroatoms. The lowest BCUT2D eigenvalue weighted by Gasteiger charge is -2.12. The Balaban J connectivity index is 1.44. The van der Waals surface area contributed by atoms with E-state index in [0.717, 1.165) is 38.8 Å². The van der Waals surface area contributed by atoms with Crippen LogP contribution in [0.1, 0.15) is 16.8 Å². The minimum absolute atomic E-state index is 0.0329. The molecule has 4 aromatic carbocycles. The van der Waals surface area contributed by atoms with Crippen LogP contribution in [0.25, 0.3) is 38.8 Å². The molecular formula is C31H25FN2O3S. The summed E-state index contributed by atoms with van der Waals surface area (Å²) in [6.45, 7) is 0. The maximum Gasteiger partial charge on any atom is 0.251 e. The summed E-state index contributed by atoms with van der Waals surface area (Å²) in [5, 5.41) is 3.81. The first-order valence-corrected chi connectivity index (χ1v) is 14.3. The highest BCUT2D eigenvalue weighted by atomic mass is 32.2. The molecule has 38 heavy (non-hydrogen) atoms. The molecule has 1 aliphatic rings. The first-order chi connectivity index (χ1) is 18.4. The summed E-state index contributed by atoms with van der Waals surface area (Å²) in [5.74, 6) is -0.578. The van der Waals surface area contributed by atoms with Gasteiger partial charge >= 0.3 is 0 Å². The number of amides is 1. The van der Waals surface area contributed by atoms with Gasteiger partial charge in [-0.1, -0.05) is 54.6 Å². The van der Waals surface area contributed by atoms with E-state index in [1.165, 1.54) is 12.1 Å². The van der Waals surface area contributed by atoms with E-state index in [1.807, 2.05) is 47.2 Å². The standard InChI is InChI=1S/C31H25FN2O3S/c32-25-10-12-27(13-11-25)34-19-29(23-8-4-7-22(17-23)21-5-2-1-3-6-21)28-14-9-24(18-30(28)34)31(35)33-26-15-16-38(36,37)20-26/h1-14,17-19,26H,15-16,20H2,(H,33,35). The van der Waals surface area contributed by atoms with Crippen molar-refractivity contribution in [3.05, 3.63) is 115 Å². The molecule has 0 saturated carbocycles. The van der Waals surface area contributed by atoms with Gasteiger partial charge in [-0.25, -0.2) is 12.8 Å². The topological polar surface area (TPSA) is 68.2 Å². The van der Waals surface area contributed by atoms with Crippen LogP contribution in [0.15, 0.2) is 103 Å². The van der Waals surface area contributed by atoms with E-state index < -0.39 is 9.84 Å². The van der Waals surface area contributed by atoms with Gasteiger partial charge in [-0.2, -0.15) is 0 Å². The first-order valence-electron chi connectivity index (χ1n) is 12.4. The molecule has 0 spiro atoms. The van der Waals surface area contributed by atoms with Gasteiger partial charge < -0.3 is 9.88 Å². The van der Waals surface area contributed by atoms with Crippen LogP contribution in [0.2, 0.25) is 0 Å². The molecule has 0 radical (unpaired) electrons. The number of sulfone groups is 1. The van der Waals surface area contributed by atoms with E-state index in [2.05, 4.69) is 35.6 Å². The summed E-state index contributed by atoms with van der Waals surface area (Å²) >= 11 is 0. The number of carbonyl (C=O) groups is 1. The van der Waals surface area contributed by atoms with E-state index in [1.54, 1.807) is 18.2 Å². The van der Waals surface area contributed by atoms with E-state index >= 15 is 0 Å². The third-order valence-corrected chi connectivity index (χ3v) is 8.79. The van der Waals surface area contributed by atoms with Crippen LogP contribution >= 0.6 is 0 Å². The van der Waals surface area contributed by atoms with Crippen molar-refractivity contribution in [2.45, 2.75) is 12.5 Å². The number of benzene rings is 4. The largest absolute Gasteiger partial charge is 0.348 e. The van der Waals surface area contributed by atoms with Crippen LogP contribution in [0.3, 0.4) is 0 Å². The summed E-state index contributed by atoms with van der Waals surface area (Å²) in [7, 11) is -3.10. The van der Waals surface area contributed by atoms with Crippen molar-refractivity contribution >= 4 is 26.6 Å². The molecule has 6 rings (SSSR count). The molecule has 0 aliphatic carbocycles. The molecule has 190 valence electrons. The Morgan fingerprint density at radius 3 is 2.32 bits per heavy atom. The van der Waals surface area contributed by atoms with Crippen LogP contribution in [-0.2, 0) is 9.84 Å². The smallest absolute Gasteiger partial charge is 0.251 e. The zero-order valence-electron chi connectivity index (χ0n) is 20.5. The minimum Gasteiger partial charge on any atom is -0.348 e. The number of aromatic nitrogens is 1. The SMILES string of the molecule is O=C(NC1CCS(=O)(=O)C1)c1ccc2c(-c3cccc(-c4ccccc4)c3)cn(-c3ccc(F)cc3)c2c1. The van der Waals surface area contributed by atoms with Crippen LogP contribution in [-0.4, -0.2) is 36.4 Å². The van der Waals surface area contributed by atoms with Crippen molar-refractivity contribution < 1.29 is 17.6 Å². The predicted molar refractivity (Wildman–Crippen MR) is 149 cm³/mol. The van der Waals surface area contributed by atoms with Gasteiger partial charge in [-0.15, -0.1) is 0 Å². The minimum atomic E-state index is -3.10. The fraction of sp³-hybridized carbons (Fsp3) is 0.129. The Bertz CT molecular complexity index is 1760. The number of nitrogens with zero attached hydrogens (tertiary/aromatic N) is 1. The zero-order chi connectivity index (χ0) is 26.3. The quantitative estimate of drug-likeness (QED) is 0.306. The van der Waals surface area contributed by atoms with E-state index in [0.29, 0.717) is 12.0 Å². The molecule has 1 unspecified atom stereocenters. The average Bonchev–Trinajstić information content (AvgIpc) is 3.48. The van der Waals surface area contributed by atoms with Gasteiger partial charge in [-0.05, 0) is 65.6 Å². The molecule has 5 nitrogen and oxygen atoms in total. The van der Waals surface area contributed by atoms with Crippen LogP contribution in [0.4, 0.5) is 4.39 Å². The molecule has 1 N–H and O–H groups in total. The summed E-state index contributed by atoms with van der Waals surface area (Å²) in [5.41, 5.74) is 6.21. The van der Waals surface area contributed by atoms with Crippen LogP contribution < -0.4 is 5.32 Å². The zero-order valence-corrected chi connectivity index (χ0v) is 21.3. The summed E-state index contributed by atoms with van der Waals surface area (Å²) in [6, 6.07) is 29.8. The Hall–Kier alpha value is -4.23. The van der Waals surface area contributed by atoms with E-state index in [9.17, 15) is 17.6 Å². The highest BCUT2D eigenvalue weighted by molar-refractivity contribution is 7.91. The second-order valence-corrected chi connectivity index (χ2v) is 11.9. The Morgan fingerprint density at radius 1 is 0.842 bits per heavy atom. The molecule has 1 aromatic heterocycles. The lowest BCUT2D eigenvalue weighted by atomic mass is 9.98. The molecule has 1 atom stereocenters. The van der Waals surface area contributed by atoms with Gasteiger partial charge in [0.15, 0.2) is 9.84 Å². The summed E-state index contributed by atoms with van der Waals surface area (Å²) < 4.78 is 39.3. The average molecular weight is 525 g/mol. The second-order valence-electron chi connectivity index (χ2n) is 9.64. The number of fused-ring (bicyclic) bond motifs is 1. The van der Waals surface area contributed by atoms with Crippen molar-refractivity contribution in [2.75, 3.05) is 11.5 Å². The number of nitrogens with one attached hydrogen (secondary N) is 1. The van der Waals surface area contributed by atoms with Gasteiger partial charge in [0.05, 0.1) is 17.0 Å². The highest BCUT2D eigenvalue weighted by Crippen LogP contribution is 2.35. The number of rotatable bonds is 5. The van der Waals surface area contributed by atoms with Crippen molar-refractivity contribution in [3.8, 4) is 27.9 Å². The predicted octanol–water partition coefficient (Wildman–Crippen LogP) is 6.02. The molecule has 1 aliphatic heterocycles. The molecule has 2 heterocycles. The van der Waals surface area contributed by atoms with E-state index in [-0.39, 0.29) is 29.3 Å². The Kier molecular flexibility index (Phi) is 6.08. The maximum absolute atomic E-state index is 13.7. The third-order valence-electron chi connectivity index (χ3n) is 7.02. The van der Waals surface area contributed by atoms with Crippen molar-refractivity contribution in [3.63, 3.8) is 0 Å². The van der Waals surface area contributed by atoms with Crippen molar-refractivity contribution in [1.29, 1.82) is 0 Å². The number of hydrogen-bond donors (Lipinski definition) is 1. The fourth-order valence-corrected chi connectivity index (χ4v) is 6.76. The number of hydrogen-bond acceptors (Lipinski definition) is 3. The Morgan fingerprint density at radius 2 is 1.58 bits per heavy atom. The van der Waals surface area contributed by atoms with Gasteiger partial charge in [0.25, 0.3) is 5.91 Å². The lowest BCUT2D eigenvalue weighted by Crippen LogP contribution is -2.35. The van der Waals surface area contributed by atoms with Crippen LogP contribution in [0.5, 0.6) is 0 Å². The molecule has 0 bridgehead atoms. The van der Waals surface area contributed by atoms with Crippen molar-refractivity contribution in [1.82, 2.24) is 9.88 Å². The lowest BCUT2D eigenvalue weighted by molar-refractivity contribution is 0.0941. The Labute approximate surface area is 220 Å². The van der Waals surface area contributed by atoms with Gasteiger partial charge in [0.1, 0.15) is 5.82 Å². The summed E-state index contributed by atoms with van der Waals surface area (Å²) in [4.78, 5) is 13.1. The third kappa shape index (κ3) is 4.73. The van der Waals surface area contributed by atoms with Crippen molar-refractivity contribution in [2.24, 2.45) is 0 Å². The maximum atomic E-state index is 13.7. The fourth-order valence-electron chi connectivity index (χ4n) is 5.09. The summed E-state index contributed by atoms with van der Waals surface area (Å²) in [6.07, 6.45) is 2.43. The molecule has 1 saturated heterocycles. The molecule has 5 aromatic rings.